The van der Waals surface area contributed by atoms with E-state index in [-0.39, 0.29) is 29.3 Å². The van der Waals surface area contributed by atoms with E-state index in [1.807, 2.05) is 0 Å². The summed E-state index contributed by atoms with van der Waals surface area (Å²) in [5.41, 5.74) is -0.384. The first-order valence-electron chi connectivity index (χ1n) is 6.73. The van der Waals surface area contributed by atoms with Crippen molar-refractivity contribution in [3.05, 3.63) is 47.7 Å². The minimum Gasteiger partial charge on any atom is -0.491 e. The molecule has 1 aromatic carbocycles. The summed E-state index contributed by atoms with van der Waals surface area (Å²) in [5.74, 6) is -2.32. The van der Waals surface area contributed by atoms with Crippen LogP contribution in [-0.2, 0) is 9.47 Å². The highest BCUT2D eigenvalue weighted by molar-refractivity contribution is 5.87. The van der Waals surface area contributed by atoms with Gasteiger partial charge in [0.1, 0.15) is 29.7 Å². The van der Waals surface area contributed by atoms with Crippen molar-refractivity contribution >= 4 is 5.97 Å². The van der Waals surface area contributed by atoms with Gasteiger partial charge in [-0.3, -0.25) is 0 Å². The average Bonchev–Trinajstić information content (AvgIpc) is 2.54. The van der Waals surface area contributed by atoms with Crippen LogP contribution in [0.1, 0.15) is 10.5 Å². The molecular formula is C16H15F2NO4. The lowest BCUT2D eigenvalue weighted by molar-refractivity contribution is 0.0594. The first-order valence-corrected chi connectivity index (χ1v) is 6.73. The number of aromatic nitrogens is 1. The van der Waals surface area contributed by atoms with E-state index in [2.05, 4.69) is 9.72 Å². The van der Waals surface area contributed by atoms with Crippen molar-refractivity contribution in [1.29, 1.82) is 0 Å². The Hall–Kier alpha value is -2.54. The molecular weight excluding hydrogens is 308 g/mol. The average molecular weight is 323 g/mol. The number of esters is 1. The van der Waals surface area contributed by atoms with E-state index in [1.165, 1.54) is 32.4 Å². The zero-order valence-corrected chi connectivity index (χ0v) is 12.6. The topological polar surface area (TPSA) is 57.7 Å². The molecule has 122 valence electrons. The fraction of sp³-hybridized carbons (Fsp3) is 0.250. The van der Waals surface area contributed by atoms with Crippen LogP contribution in [0.25, 0.3) is 11.3 Å². The molecule has 0 bridgehead atoms. The molecule has 0 saturated heterocycles. The highest BCUT2D eigenvalue weighted by Gasteiger charge is 2.17. The third-order valence-electron chi connectivity index (χ3n) is 2.97. The molecule has 23 heavy (non-hydrogen) atoms. The van der Waals surface area contributed by atoms with Crippen LogP contribution in [0.15, 0.2) is 30.3 Å². The minimum atomic E-state index is -0.841. The Morgan fingerprint density at radius 2 is 1.83 bits per heavy atom. The number of benzene rings is 1. The van der Waals surface area contributed by atoms with Gasteiger partial charge in [-0.25, -0.2) is 18.6 Å². The van der Waals surface area contributed by atoms with E-state index in [0.29, 0.717) is 6.61 Å². The van der Waals surface area contributed by atoms with Crippen molar-refractivity contribution in [2.75, 3.05) is 27.4 Å². The third kappa shape index (κ3) is 4.01. The van der Waals surface area contributed by atoms with Crippen LogP contribution in [0.4, 0.5) is 8.78 Å². The number of carbonyl (C=O) groups excluding carboxylic acids is 1. The largest absolute Gasteiger partial charge is 0.491 e. The molecule has 0 radical (unpaired) electrons. The molecule has 0 aliphatic carbocycles. The number of nitrogens with zero attached hydrogens (tertiary/aromatic N) is 1. The molecule has 1 aromatic heterocycles. The van der Waals surface area contributed by atoms with Gasteiger partial charge in [0.25, 0.3) is 0 Å². The Labute approximate surface area is 131 Å². The fourth-order valence-electron chi connectivity index (χ4n) is 1.91. The van der Waals surface area contributed by atoms with E-state index >= 15 is 0 Å². The first kappa shape index (κ1) is 16.8. The lowest BCUT2D eigenvalue weighted by atomic mass is 10.1. The Balaban J connectivity index is 2.35. The molecule has 2 rings (SSSR count). The smallest absolute Gasteiger partial charge is 0.356 e. The third-order valence-corrected chi connectivity index (χ3v) is 2.97. The number of pyridine rings is 1. The molecule has 0 unspecified atom stereocenters. The maximum Gasteiger partial charge on any atom is 0.356 e. The van der Waals surface area contributed by atoms with Crippen LogP contribution in [0.3, 0.4) is 0 Å². The zero-order chi connectivity index (χ0) is 16.8. The molecule has 5 nitrogen and oxygen atoms in total. The van der Waals surface area contributed by atoms with Crippen LogP contribution >= 0.6 is 0 Å². The van der Waals surface area contributed by atoms with Crippen molar-refractivity contribution in [2.45, 2.75) is 0 Å². The van der Waals surface area contributed by atoms with E-state index < -0.39 is 17.6 Å². The van der Waals surface area contributed by atoms with Gasteiger partial charge in [0.15, 0.2) is 0 Å². The van der Waals surface area contributed by atoms with E-state index in [4.69, 9.17) is 9.47 Å². The molecule has 1 heterocycles. The number of hydrogen-bond donors (Lipinski definition) is 0. The Kier molecular flexibility index (Phi) is 5.59. The number of halogens is 2. The van der Waals surface area contributed by atoms with E-state index in [0.717, 1.165) is 12.1 Å². The second-order valence-corrected chi connectivity index (χ2v) is 4.50. The molecule has 0 aliphatic heterocycles. The number of methoxy groups -OCH3 is 2. The van der Waals surface area contributed by atoms with Crippen LogP contribution in [-0.4, -0.2) is 38.4 Å². The highest BCUT2D eigenvalue weighted by Crippen LogP contribution is 2.28. The van der Waals surface area contributed by atoms with Gasteiger partial charge < -0.3 is 14.2 Å². The summed E-state index contributed by atoms with van der Waals surface area (Å²) < 4.78 is 42.9. The summed E-state index contributed by atoms with van der Waals surface area (Å²) in [7, 11) is 2.69. The summed E-state index contributed by atoms with van der Waals surface area (Å²) in [5, 5.41) is 0. The minimum absolute atomic E-state index is 0.00802. The predicted molar refractivity (Wildman–Crippen MR) is 78.3 cm³/mol. The van der Waals surface area contributed by atoms with Crippen molar-refractivity contribution in [2.24, 2.45) is 0 Å². The Morgan fingerprint density at radius 1 is 1.13 bits per heavy atom. The normalized spacial score (nSPS) is 10.4. The Morgan fingerprint density at radius 3 is 2.43 bits per heavy atom. The van der Waals surface area contributed by atoms with Crippen LogP contribution in [0, 0.1) is 11.6 Å². The number of carbonyl (C=O) groups is 1. The molecule has 0 atom stereocenters. The lowest BCUT2D eigenvalue weighted by Gasteiger charge is -2.10. The summed E-state index contributed by atoms with van der Waals surface area (Å²) >= 11 is 0. The van der Waals surface area contributed by atoms with E-state index in [9.17, 15) is 13.6 Å². The zero-order valence-electron chi connectivity index (χ0n) is 12.6. The molecule has 2 aromatic rings. The second kappa shape index (κ2) is 7.64. The van der Waals surface area contributed by atoms with Gasteiger partial charge >= 0.3 is 5.97 Å². The second-order valence-electron chi connectivity index (χ2n) is 4.50. The lowest BCUT2D eigenvalue weighted by Crippen LogP contribution is -2.06. The van der Waals surface area contributed by atoms with Crippen LogP contribution in [0.5, 0.6) is 5.75 Å². The quantitative estimate of drug-likeness (QED) is 0.604. The van der Waals surface area contributed by atoms with Gasteiger partial charge in [0.2, 0.25) is 0 Å². The van der Waals surface area contributed by atoms with Gasteiger partial charge in [-0.15, -0.1) is 0 Å². The summed E-state index contributed by atoms with van der Waals surface area (Å²) in [4.78, 5) is 15.4. The molecule has 7 heteroatoms. The number of hydrogen-bond acceptors (Lipinski definition) is 5. The van der Waals surface area contributed by atoms with Crippen molar-refractivity contribution in [3.8, 4) is 17.0 Å². The molecule has 0 amide bonds. The SMILES string of the molecule is COCCOc1cc(F)c(-c2cccc(C(=O)OC)n2)c(F)c1. The molecule has 0 spiro atoms. The molecule has 0 aliphatic rings. The van der Waals surface area contributed by atoms with Crippen molar-refractivity contribution in [3.63, 3.8) is 0 Å². The summed E-state index contributed by atoms with van der Waals surface area (Å²) in [6, 6.07) is 6.38. The standard InChI is InChI=1S/C16H15F2NO4/c1-21-6-7-23-10-8-11(17)15(12(18)9-10)13-4-3-5-14(19-13)16(20)22-2/h3-5,8-9H,6-7H2,1-2H3. The molecule has 0 N–H and O–H groups in total. The number of rotatable bonds is 6. The molecule has 0 saturated carbocycles. The maximum absolute atomic E-state index is 14.2. The van der Waals surface area contributed by atoms with Gasteiger partial charge in [-0.05, 0) is 12.1 Å². The summed E-state index contributed by atoms with van der Waals surface area (Å²) in [6.45, 7) is 0.471. The van der Waals surface area contributed by atoms with Crippen molar-refractivity contribution in [1.82, 2.24) is 4.98 Å². The Bertz CT molecular complexity index is 683. The monoisotopic (exact) mass is 323 g/mol. The van der Waals surface area contributed by atoms with Crippen molar-refractivity contribution < 1.29 is 27.8 Å². The highest BCUT2D eigenvalue weighted by atomic mass is 19.1. The fourth-order valence-corrected chi connectivity index (χ4v) is 1.91. The van der Waals surface area contributed by atoms with Gasteiger partial charge in [0, 0.05) is 19.2 Å². The van der Waals surface area contributed by atoms with Gasteiger partial charge in [0.05, 0.1) is 25.0 Å². The van der Waals surface area contributed by atoms with Crippen LogP contribution < -0.4 is 4.74 Å². The predicted octanol–water partition coefficient (Wildman–Crippen LogP) is 2.84. The van der Waals surface area contributed by atoms with E-state index in [1.54, 1.807) is 0 Å². The van der Waals surface area contributed by atoms with Gasteiger partial charge in [-0.1, -0.05) is 6.07 Å². The summed E-state index contributed by atoms with van der Waals surface area (Å²) in [6.07, 6.45) is 0. The molecule has 0 fully saturated rings. The van der Waals surface area contributed by atoms with Gasteiger partial charge in [-0.2, -0.15) is 0 Å². The first-order chi connectivity index (χ1) is 11.1. The number of ether oxygens (including phenoxy) is 3. The van der Waals surface area contributed by atoms with Crippen LogP contribution in [0.2, 0.25) is 0 Å². The maximum atomic E-state index is 14.2.